The Labute approximate surface area is 121 Å². The van der Waals surface area contributed by atoms with Crippen LogP contribution in [0.1, 0.15) is 14.9 Å². The van der Waals surface area contributed by atoms with Gasteiger partial charge in [-0.15, -0.1) is 11.5 Å². The first-order chi connectivity index (χ1) is 6.79. The minimum absolute atomic E-state index is 0. The van der Waals surface area contributed by atoms with Gasteiger partial charge in [0.05, 0.1) is 0 Å². The van der Waals surface area contributed by atoms with Crippen molar-refractivity contribution in [2.24, 2.45) is 0 Å². The molecule has 0 amide bonds. The van der Waals surface area contributed by atoms with E-state index >= 15 is 0 Å². The summed E-state index contributed by atoms with van der Waals surface area (Å²) in [4.78, 5) is 0. The second kappa shape index (κ2) is 12.9. The minimum atomic E-state index is 0. The van der Waals surface area contributed by atoms with Crippen molar-refractivity contribution in [3.63, 3.8) is 0 Å². The van der Waals surface area contributed by atoms with Gasteiger partial charge in [-0.05, 0) is 0 Å². The van der Waals surface area contributed by atoms with Crippen molar-refractivity contribution >= 4 is 23.9 Å². The molecule has 0 aromatic heterocycles. The molecule has 0 saturated heterocycles. The van der Waals surface area contributed by atoms with Gasteiger partial charge in [0, 0.05) is 0 Å². The number of para-hydroxylation sites is 2. The predicted octanol–water partition coefficient (Wildman–Crippen LogP) is 2.41. The molecule has 2 aromatic carbocycles. The van der Waals surface area contributed by atoms with Crippen LogP contribution in [0.25, 0.3) is 0 Å². The molecule has 0 aliphatic carbocycles. The van der Waals surface area contributed by atoms with Crippen molar-refractivity contribution in [1.29, 1.82) is 0 Å². The topological polar surface area (TPSA) is 46.1 Å². The first-order valence-corrected chi connectivity index (χ1v) is 4.23. The van der Waals surface area contributed by atoms with E-state index in [0.29, 0.717) is 0 Å². The third kappa shape index (κ3) is 11.1. The summed E-state index contributed by atoms with van der Waals surface area (Å²) in [6, 6.07) is 16.7. The molecule has 0 N–H and O–H groups in total. The zero-order chi connectivity index (χ0) is 10.2. The van der Waals surface area contributed by atoms with Crippen LogP contribution in [0.5, 0.6) is 11.5 Å². The largest absolute Gasteiger partial charge is 2.00 e. The van der Waals surface area contributed by atoms with Crippen LogP contribution in [0.15, 0.2) is 60.7 Å². The van der Waals surface area contributed by atoms with Crippen molar-refractivity contribution in [2.75, 3.05) is 0 Å². The third-order valence-electron chi connectivity index (χ3n) is 1.49. The second-order valence-electron chi connectivity index (χ2n) is 2.63. The molecule has 0 aliphatic heterocycles. The van der Waals surface area contributed by atoms with Crippen LogP contribution in [0.4, 0.5) is 0 Å². The summed E-state index contributed by atoms with van der Waals surface area (Å²) in [5.74, 6) is 0.144. The minimum Gasteiger partial charge on any atom is -0.872 e. The third-order valence-corrected chi connectivity index (χ3v) is 1.49. The van der Waals surface area contributed by atoms with Crippen molar-refractivity contribution < 1.29 is 10.2 Å². The van der Waals surface area contributed by atoms with Gasteiger partial charge in [-0.2, -0.15) is 0 Å². The molecule has 0 spiro atoms. The summed E-state index contributed by atoms with van der Waals surface area (Å²) in [6.45, 7) is 0. The SMILES string of the molecule is C.C.[O-]c1ccccc1.[O-]c1ccccc1.[Sn+2]. The molecule has 0 unspecified atom stereocenters. The fraction of sp³-hybridized carbons (Fsp3) is 0.143. The molecule has 0 atom stereocenters. The Bertz CT molecular complexity index is 312. The quantitative estimate of drug-likeness (QED) is 0.693. The monoisotopic (exact) mass is 338 g/mol. The summed E-state index contributed by atoms with van der Waals surface area (Å²) in [5, 5.41) is 20.5. The van der Waals surface area contributed by atoms with E-state index < -0.39 is 0 Å². The van der Waals surface area contributed by atoms with Gasteiger partial charge in [-0.25, -0.2) is 0 Å². The van der Waals surface area contributed by atoms with E-state index in [-0.39, 0.29) is 50.3 Å². The zero-order valence-electron chi connectivity index (χ0n) is 8.09. The Kier molecular flexibility index (Phi) is 16.1. The number of hydrogen-bond acceptors (Lipinski definition) is 2. The first-order valence-electron chi connectivity index (χ1n) is 4.23. The van der Waals surface area contributed by atoms with Gasteiger partial charge >= 0.3 is 23.9 Å². The number of hydrogen-bond donors (Lipinski definition) is 0. The maximum absolute atomic E-state index is 10.3. The van der Waals surface area contributed by atoms with Gasteiger partial charge in [0.1, 0.15) is 0 Å². The van der Waals surface area contributed by atoms with Gasteiger partial charge in [0.25, 0.3) is 0 Å². The van der Waals surface area contributed by atoms with Gasteiger partial charge in [-0.1, -0.05) is 75.5 Å². The summed E-state index contributed by atoms with van der Waals surface area (Å²) < 4.78 is 0. The van der Waals surface area contributed by atoms with E-state index in [1.807, 2.05) is 12.1 Å². The van der Waals surface area contributed by atoms with E-state index in [4.69, 9.17) is 0 Å². The van der Waals surface area contributed by atoms with Crippen LogP contribution in [0.2, 0.25) is 0 Å². The molecule has 2 radical (unpaired) electrons. The zero-order valence-corrected chi connectivity index (χ0v) is 10.9. The maximum Gasteiger partial charge on any atom is 2.00 e. The van der Waals surface area contributed by atoms with Crippen molar-refractivity contribution in [2.45, 2.75) is 14.9 Å². The Morgan fingerprint density at radius 1 is 0.529 bits per heavy atom. The molecule has 0 saturated carbocycles. The smallest absolute Gasteiger partial charge is 0.872 e. The molecule has 0 aliphatic rings. The Balaban J connectivity index is -0.000000196. The van der Waals surface area contributed by atoms with Crippen molar-refractivity contribution in [3.05, 3.63) is 60.7 Å². The molecule has 2 aromatic rings. The van der Waals surface area contributed by atoms with Crippen LogP contribution in [-0.2, 0) is 0 Å². The molecule has 3 heteroatoms. The van der Waals surface area contributed by atoms with Gasteiger partial charge in [0.15, 0.2) is 0 Å². The average molecular weight is 337 g/mol. The van der Waals surface area contributed by atoms with Crippen LogP contribution >= 0.6 is 0 Å². The molecular weight excluding hydrogens is 319 g/mol. The van der Waals surface area contributed by atoms with Gasteiger partial charge in [-0.3, -0.25) is 0 Å². The number of benzene rings is 2. The van der Waals surface area contributed by atoms with Gasteiger partial charge < -0.3 is 10.2 Å². The van der Waals surface area contributed by atoms with E-state index in [1.54, 1.807) is 24.3 Å². The molecule has 0 fully saturated rings. The first kappa shape index (κ1) is 21.2. The number of rotatable bonds is 0. The van der Waals surface area contributed by atoms with Gasteiger partial charge in [0.2, 0.25) is 0 Å². The van der Waals surface area contributed by atoms with Crippen LogP contribution in [-0.4, -0.2) is 23.9 Å². The molecule has 0 heterocycles. The van der Waals surface area contributed by atoms with E-state index in [0.717, 1.165) is 0 Å². The summed E-state index contributed by atoms with van der Waals surface area (Å²) >= 11 is 0. The predicted molar refractivity (Wildman–Crippen MR) is 71.0 cm³/mol. The molecule has 2 nitrogen and oxygen atoms in total. The van der Waals surface area contributed by atoms with Crippen molar-refractivity contribution in [3.8, 4) is 11.5 Å². The van der Waals surface area contributed by atoms with Crippen LogP contribution < -0.4 is 10.2 Å². The summed E-state index contributed by atoms with van der Waals surface area (Å²) in [7, 11) is 0. The molecule has 2 rings (SSSR count). The van der Waals surface area contributed by atoms with Crippen molar-refractivity contribution in [1.82, 2.24) is 0 Å². The Morgan fingerprint density at radius 2 is 0.765 bits per heavy atom. The summed E-state index contributed by atoms with van der Waals surface area (Å²) in [6.07, 6.45) is 0. The van der Waals surface area contributed by atoms with Crippen LogP contribution in [0.3, 0.4) is 0 Å². The standard InChI is InChI=1S/2C6H6O.2CH4.Sn/c2*7-6-4-2-1-3-5-6;;;/h2*1-5,7H;2*1H4;/q;;;;+2/p-2. The van der Waals surface area contributed by atoms with E-state index in [9.17, 15) is 10.2 Å². The fourth-order valence-electron chi connectivity index (χ4n) is 0.841. The molecule has 17 heavy (non-hydrogen) atoms. The van der Waals surface area contributed by atoms with E-state index in [2.05, 4.69) is 0 Å². The normalized spacial score (nSPS) is 7.06. The van der Waals surface area contributed by atoms with Crippen LogP contribution in [0, 0.1) is 0 Å². The maximum atomic E-state index is 10.3. The summed E-state index contributed by atoms with van der Waals surface area (Å²) in [5.41, 5.74) is 0. The Morgan fingerprint density at radius 3 is 0.882 bits per heavy atom. The average Bonchev–Trinajstić information content (AvgIpc) is 2.21. The second-order valence-corrected chi connectivity index (χ2v) is 2.63. The molecular formula is C14H18O2Sn. The van der Waals surface area contributed by atoms with E-state index in [1.165, 1.54) is 24.3 Å². The Hall–Kier alpha value is -1.16. The molecule has 90 valence electrons. The fourth-order valence-corrected chi connectivity index (χ4v) is 0.841. The molecule has 0 bridgehead atoms.